The van der Waals surface area contributed by atoms with E-state index >= 15 is 0 Å². The zero-order valence-corrected chi connectivity index (χ0v) is 6.06. The Kier molecular flexibility index (Phi) is 1.61. The largest absolute Gasteiger partial charge is 0.396 e. The van der Waals surface area contributed by atoms with E-state index in [0.717, 1.165) is 5.69 Å². The van der Waals surface area contributed by atoms with Gasteiger partial charge in [0.1, 0.15) is 12.4 Å². The first-order valence-electron chi connectivity index (χ1n) is 3.00. The SMILES string of the molecule is Cc1c(N)c(CF)nn1C. The van der Waals surface area contributed by atoms with E-state index in [1.807, 2.05) is 6.92 Å². The number of nitrogen functional groups attached to an aromatic ring is 1. The van der Waals surface area contributed by atoms with Gasteiger partial charge in [0, 0.05) is 7.05 Å². The van der Waals surface area contributed by atoms with Gasteiger partial charge in [0.25, 0.3) is 0 Å². The number of anilines is 1. The number of aryl methyl sites for hydroxylation is 1. The Bertz CT molecular complexity index is 241. The average Bonchev–Trinajstić information content (AvgIpc) is 2.17. The van der Waals surface area contributed by atoms with Crippen LogP contribution in [0, 0.1) is 6.92 Å². The predicted octanol–water partition coefficient (Wildman–Crippen LogP) is 0.780. The summed E-state index contributed by atoms with van der Waals surface area (Å²) in [6, 6.07) is 0. The minimum Gasteiger partial charge on any atom is -0.396 e. The Morgan fingerprint density at radius 2 is 2.30 bits per heavy atom. The molecule has 3 nitrogen and oxygen atoms in total. The predicted molar refractivity (Wildman–Crippen MR) is 37.2 cm³/mol. The second kappa shape index (κ2) is 2.28. The first-order chi connectivity index (χ1) is 4.66. The van der Waals surface area contributed by atoms with Gasteiger partial charge in [-0.25, -0.2) is 4.39 Å². The maximum absolute atomic E-state index is 12.0. The van der Waals surface area contributed by atoms with Crippen LogP contribution in [-0.4, -0.2) is 9.78 Å². The Hall–Kier alpha value is -1.06. The molecule has 0 atom stereocenters. The van der Waals surface area contributed by atoms with Gasteiger partial charge in [-0.2, -0.15) is 5.10 Å². The van der Waals surface area contributed by atoms with E-state index in [1.165, 1.54) is 0 Å². The highest BCUT2D eigenvalue weighted by Gasteiger charge is 2.07. The summed E-state index contributed by atoms with van der Waals surface area (Å²) in [6.45, 7) is 1.22. The molecule has 10 heavy (non-hydrogen) atoms. The lowest BCUT2D eigenvalue weighted by molar-refractivity contribution is 0.472. The first kappa shape index (κ1) is 7.05. The van der Waals surface area contributed by atoms with Crippen LogP contribution >= 0.6 is 0 Å². The number of aromatic nitrogens is 2. The van der Waals surface area contributed by atoms with E-state index in [0.29, 0.717) is 11.4 Å². The zero-order valence-electron chi connectivity index (χ0n) is 6.06. The first-order valence-corrected chi connectivity index (χ1v) is 3.00. The van der Waals surface area contributed by atoms with Gasteiger partial charge in [0.15, 0.2) is 0 Å². The minimum absolute atomic E-state index is 0.333. The Balaban J connectivity index is 3.17. The van der Waals surface area contributed by atoms with E-state index in [2.05, 4.69) is 5.10 Å². The quantitative estimate of drug-likeness (QED) is 0.631. The third-order valence-electron chi connectivity index (χ3n) is 1.58. The van der Waals surface area contributed by atoms with Crippen LogP contribution in [0.1, 0.15) is 11.4 Å². The van der Waals surface area contributed by atoms with Gasteiger partial charge >= 0.3 is 0 Å². The van der Waals surface area contributed by atoms with Crippen molar-refractivity contribution in [2.45, 2.75) is 13.6 Å². The third kappa shape index (κ3) is 0.853. The molecule has 1 aromatic heterocycles. The maximum atomic E-state index is 12.0. The molecule has 0 aliphatic carbocycles. The van der Waals surface area contributed by atoms with Gasteiger partial charge in [-0.15, -0.1) is 0 Å². The van der Waals surface area contributed by atoms with Gasteiger partial charge in [0.2, 0.25) is 0 Å². The van der Waals surface area contributed by atoms with Crippen LogP contribution in [0.15, 0.2) is 0 Å². The molecule has 0 amide bonds. The fraction of sp³-hybridized carbons (Fsp3) is 0.500. The van der Waals surface area contributed by atoms with Crippen LogP contribution in [0.2, 0.25) is 0 Å². The summed E-state index contributed by atoms with van der Waals surface area (Å²) in [6.07, 6.45) is 0. The van der Waals surface area contributed by atoms with Gasteiger partial charge in [-0.1, -0.05) is 0 Å². The Morgan fingerprint density at radius 1 is 1.70 bits per heavy atom. The molecule has 0 aliphatic rings. The van der Waals surface area contributed by atoms with Crippen LogP contribution in [0.3, 0.4) is 0 Å². The highest BCUT2D eigenvalue weighted by Crippen LogP contribution is 2.15. The second-order valence-electron chi connectivity index (χ2n) is 2.20. The van der Waals surface area contributed by atoms with E-state index in [-0.39, 0.29) is 0 Å². The summed E-state index contributed by atoms with van der Waals surface area (Å²) < 4.78 is 13.6. The molecule has 0 aromatic carbocycles. The van der Waals surface area contributed by atoms with Crippen LogP contribution < -0.4 is 5.73 Å². The highest BCUT2D eigenvalue weighted by molar-refractivity contribution is 5.47. The van der Waals surface area contributed by atoms with Crippen molar-refractivity contribution in [2.75, 3.05) is 5.73 Å². The monoisotopic (exact) mass is 143 g/mol. The molecule has 0 saturated heterocycles. The van der Waals surface area contributed by atoms with Crippen molar-refractivity contribution in [2.24, 2.45) is 7.05 Å². The summed E-state index contributed by atoms with van der Waals surface area (Å²) in [5, 5.41) is 3.84. The zero-order chi connectivity index (χ0) is 7.72. The summed E-state index contributed by atoms with van der Waals surface area (Å²) in [7, 11) is 1.74. The summed E-state index contributed by atoms with van der Waals surface area (Å²) in [4.78, 5) is 0. The average molecular weight is 143 g/mol. The topological polar surface area (TPSA) is 43.8 Å². The lowest BCUT2D eigenvalue weighted by atomic mass is 10.3. The molecule has 1 aromatic rings. The van der Waals surface area contributed by atoms with Crippen molar-refractivity contribution in [3.63, 3.8) is 0 Å². The molecule has 4 heteroatoms. The second-order valence-corrected chi connectivity index (χ2v) is 2.20. The maximum Gasteiger partial charge on any atom is 0.135 e. The summed E-state index contributed by atoms with van der Waals surface area (Å²) in [5.74, 6) is 0. The summed E-state index contributed by atoms with van der Waals surface area (Å²) >= 11 is 0. The van der Waals surface area contributed by atoms with Crippen LogP contribution in [-0.2, 0) is 13.7 Å². The number of nitrogens with zero attached hydrogens (tertiary/aromatic N) is 2. The Morgan fingerprint density at radius 3 is 2.50 bits per heavy atom. The molecule has 0 fully saturated rings. The number of hydrogen-bond acceptors (Lipinski definition) is 2. The smallest absolute Gasteiger partial charge is 0.135 e. The molecule has 0 aliphatic heterocycles. The van der Waals surface area contributed by atoms with Gasteiger partial charge in [0.05, 0.1) is 11.4 Å². The van der Waals surface area contributed by atoms with E-state index in [4.69, 9.17) is 5.73 Å². The fourth-order valence-electron chi connectivity index (χ4n) is 0.792. The number of hydrogen-bond donors (Lipinski definition) is 1. The molecule has 1 rings (SSSR count). The van der Waals surface area contributed by atoms with E-state index in [9.17, 15) is 4.39 Å². The molecule has 56 valence electrons. The van der Waals surface area contributed by atoms with Crippen LogP contribution in [0.4, 0.5) is 10.1 Å². The standard InChI is InChI=1S/C6H10FN3/c1-4-6(8)5(3-7)9-10(4)2/h3,8H2,1-2H3. The molecule has 1 heterocycles. The lowest BCUT2D eigenvalue weighted by Crippen LogP contribution is -1.93. The van der Waals surface area contributed by atoms with Crippen molar-refractivity contribution in [1.82, 2.24) is 9.78 Å². The molecular formula is C6H10FN3. The highest BCUT2D eigenvalue weighted by atomic mass is 19.1. The molecule has 0 radical (unpaired) electrons. The van der Waals surface area contributed by atoms with Crippen molar-refractivity contribution < 1.29 is 4.39 Å². The molecule has 0 bridgehead atoms. The summed E-state index contributed by atoms with van der Waals surface area (Å²) in [5.41, 5.74) is 7.10. The third-order valence-corrected chi connectivity index (χ3v) is 1.58. The Labute approximate surface area is 58.6 Å². The number of halogens is 1. The van der Waals surface area contributed by atoms with Gasteiger partial charge in [-0.3, -0.25) is 4.68 Å². The van der Waals surface area contributed by atoms with Gasteiger partial charge in [-0.05, 0) is 6.92 Å². The van der Waals surface area contributed by atoms with Crippen molar-refractivity contribution in [1.29, 1.82) is 0 Å². The number of nitrogens with two attached hydrogens (primary N) is 1. The molecule has 0 spiro atoms. The normalized spacial score (nSPS) is 10.3. The van der Waals surface area contributed by atoms with Crippen LogP contribution in [0.5, 0.6) is 0 Å². The lowest BCUT2D eigenvalue weighted by Gasteiger charge is -1.91. The molecule has 0 unspecified atom stereocenters. The fourth-order valence-corrected chi connectivity index (χ4v) is 0.792. The van der Waals surface area contributed by atoms with Crippen molar-refractivity contribution >= 4 is 5.69 Å². The molecule has 2 N–H and O–H groups in total. The van der Waals surface area contributed by atoms with E-state index < -0.39 is 6.67 Å². The molecular weight excluding hydrogens is 133 g/mol. The molecule has 0 saturated carbocycles. The van der Waals surface area contributed by atoms with Crippen molar-refractivity contribution in [3.8, 4) is 0 Å². The number of alkyl halides is 1. The number of rotatable bonds is 1. The van der Waals surface area contributed by atoms with Gasteiger partial charge < -0.3 is 5.73 Å². The van der Waals surface area contributed by atoms with Crippen LogP contribution in [0.25, 0.3) is 0 Å². The minimum atomic E-state index is -0.590. The van der Waals surface area contributed by atoms with Crippen molar-refractivity contribution in [3.05, 3.63) is 11.4 Å². The van der Waals surface area contributed by atoms with E-state index in [1.54, 1.807) is 11.7 Å².